The molecule has 7 aromatic carbocycles. The molecule has 5 heterocycles. The number of anilines is 5. The standard InChI is InChI=1S/C29H40N2O2.C21H34N2O.C21H28N2O.C16H17ClN2O.C10H15N.C8H7ClO.C6H4BrNO2.C5H11.CN.ClH.Cu.Mg/c1-20-12-8-9-15-23(20)27(33)31-17-11-16-24(25(31)19-28(2,3)4)26(32)30-22-14-10-13-21(18-22)29(5,6)7;2*1-20(2,3)14-18-17(11-8-12-22-18)19(24)23-16-10-7-9-15(13-16)21(4,5)6;1-16(2,3)11-6-4-7-12(10-11)19-15(20)13-8-5-9-18-14(13)17;1-10(2,3)8-5-4-6-9(11)7-8;1-6-4-2-3-5-7(6)8(9)10;7-5-4(6(9)10)2-1-3-8-5;1-5(2,3)4;1-2;;;/h8-10,12-15,18,24-25H,11,16-17,19H2,1-7H3,(H,30,32);7,9-10,13,17-18,22H,8,11-12,14H2,1-6H3,(H,23,24);7-13H,14H2,1-6H3,(H,23,24);4-10H,1-3H3,(H,19,20);4-7H,11H2,1-3H3;2-5H,1H3;1-3H,(H,9,10);1H2,2-4H3;;1H;;/q;;;;;;;2*-1;;+1;+2/p-1/t24-,25-;17-,18-;;;;;;;;;;/m00........../s1. The quantitative estimate of drug-likeness (QED) is 0.0175. The number of piperidine rings is 2. The minimum atomic E-state index is -0.972. The molecule has 768 valence electrons. The normalized spacial score (nSPS) is 14.5. The van der Waals surface area contributed by atoms with E-state index in [0.29, 0.717) is 27.8 Å². The average Bonchev–Trinajstić information content (AvgIpc) is 0.784. The van der Waals surface area contributed by atoms with E-state index in [1.807, 2.05) is 152 Å². The first kappa shape index (κ1) is 130. The van der Waals surface area contributed by atoms with Gasteiger partial charge in [-0.3, -0.25) is 33.8 Å². The first-order valence-electron chi connectivity index (χ1n) is 47.6. The van der Waals surface area contributed by atoms with Crippen LogP contribution in [0.2, 0.25) is 5.15 Å². The van der Waals surface area contributed by atoms with E-state index in [2.05, 4.69) is 288 Å². The average molecular weight is 2120 g/mol. The summed E-state index contributed by atoms with van der Waals surface area (Å²) in [6, 6.07) is 65.4. The fourth-order valence-corrected chi connectivity index (χ4v) is 15.7. The Balaban J connectivity index is 0.000000844. The van der Waals surface area contributed by atoms with E-state index in [1.165, 1.54) is 34.5 Å². The van der Waals surface area contributed by atoms with E-state index >= 15 is 0 Å². The molecular weight excluding hydrogens is 1960 g/mol. The molecule has 0 aliphatic carbocycles. The number of likely N-dealkylation sites (tertiary alicyclic amines) is 1. The van der Waals surface area contributed by atoms with E-state index in [4.69, 9.17) is 45.9 Å². The van der Waals surface area contributed by atoms with E-state index in [-0.39, 0.29) is 165 Å². The predicted molar refractivity (Wildman–Crippen MR) is 587 cm³/mol. The number of carbonyl (C=O) groups excluding carboxylic acids is 6. The number of aryl methyl sites for hydroxylation is 2. The van der Waals surface area contributed by atoms with Crippen LogP contribution in [0.25, 0.3) is 0 Å². The van der Waals surface area contributed by atoms with Gasteiger partial charge in [0.15, 0.2) is 0 Å². The number of aromatic nitrogens is 3. The second-order valence-corrected chi connectivity index (χ2v) is 46.9. The van der Waals surface area contributed by atoms with E-state index in [0.717, 1.165) is 108 Å². The molecule has 19 nitrogen and oxygen atoms in total. The number of amides is 5. The number of aromatic carboxylic acids is 1. The molecule has 2 fully saturated rings. The second-order valence-electron chi connectivity index (χ2n) is 45.4. The van der Waals surface area contributed by atoms with Gasteiger partial charge in [-0.1, -0.05) is 296 Å². The summed E-state index contributed by atoms with van der Waals surface area (Å²) in [5, 5.41) is 30.3. The monoisotopic (exact) mass is 2110 g/mol. The number of nitrogens with zero attached hydrogens (tertiary/aromatic N) is 5. The minimum absolute atomic E-state index is 0. The van der Waals surface area contributed by atoms with Crippen molar-refractivity contribution in [1.29, 1.82) is 5.26 Å². The van der Waals surface area contributed by atoms with Crippen LogP contribution in [0.15, 0.2) is 229 Å². The third-order valence-corrected chi connectivity index (χ3v) is 23.4. The van der Waals surface area contributed by atoms with E-state index in [9.17, 15) is 33.6 Å². The van der Waals surface area contributed by atoms with Crippen LogP contribution in [0.4, 0.5) is 28.4 Å². The topological polar surface area (TPSA) is 292 Å². The van der Waals surface area contributed by atoms with Gasteiger partial charge < -0.3 is 73.5 Å². The summed E-state index contributed by atoms with van der Waals surface area (Å²) in [4.78, 5) is 99.9. The number of rotatable bonds is 14. The molecule has 8 N–H and O–H groups in total. The zero-order valence-corrected chi connectivity index (χ0v) is 95.6. The van der Waals surface area contributed by atoms with Crippen molar-refractivity contribution in [2.45, 2.75) is 285 Å². The summed E-state index contributed by atoms with van der Waals surface area (Å²) in [6.45, 7) is 72.5. The molecule has 3 aromatic heterocycles. The zero-order valence-electron chi connectivity index (χ0n) is 89.4. The Morgan fingerprint density at radius 3 is 1.18 bits per heavy atom. The summed E-state index contributed by atoms with van der Waals surface area (Å²) in [7, 11) is 0. The molecule has 0 saturated carbocycles. The smallest absolute Gasteiger partial charge is 1.00 e. The fraction of sp³-hybridized carbons (Fsp3) is 0.436. The van der Waals surface area contributed by atoms with Gasteiger partial charge in [-0.2, -0.15) is 5.41 Å². The van der Waals surface area contributed by atoms with Crippen LogP contribution in [0, 0.1) is 66.1 Å². The molecule has 4 atom stereocenters. The van der Waals surface area contributed by atoms with E-state index < -0.39 is 11.2 Å². The van der Waals surface area contributed by atoms with Crippen LogP contribution in [0.1, 0.15) is 322 Å². The number of nitrogens with one attached hydrogen (secondary N) is 5. The number of carboxylic acids is 1. The number of halogens is 4. The Bertz CT molecular complexity index is 5630. The van der Waals surface area contributed by atoms with Gasteiger partial charge in [0.25, 0.3) is 23.0 Å². The van der Waals surface area contributed by atoms with Crippen LogP contribution in [-0.4, -0.2) is 114 Å². The molecule has 12 rings (SSSR count). The third kappa shape index (κ3) is 47.9. The summed E-state index contributed by atoms with van der Waals surface area (Å²) in [6.07, 6.45) is 11.1. The van der Waals surface area contributed by atoms with Crippen LogP contribution in [0.5, 0.6) is 0 Å². The molecule has 5 amide bonds. The van der Waals surface area contributed by atoms with Crippen molar-refractivity contribution in [3.05, 3.63) is 321 Å². The Morgan fingerprint density at radius 1 is 0.465 bits per heavy atom. The van der Waals surface area contributed by atoms with Gasteiger partial charge in [0.1, 0.15) is 9.76 Å². The molecule has 2 saturated heterocycles. The molecule has 0 unspecified atom stereocenters. The first-order valence-corrected chi connectivity index (χ1v) is 49.2. The summed E-state index contributed by atoms with van der Waals surface area (Å²) < 4.78 is 0.363. The van der Waals surface area contributed by atoms with Crippen molar-refractivity contribution >= 4 is 131 Å². The Kier molecular flexibility index (Phi) is 54.3. The van der Waals surface area contributed by atoms with Gasteiger partial charge >= 0.3 is 46.1 Å². The number of hydrogen-bond acceptors (Lipinski definition) is 13. The third-order valence-electron chi connectivity index (χ3n) is 22.2. The fourth-order valence-electron chi connectivity index (χ4n) is 14.9. The van der Waals surface area contributed by atoms with E-state index in [1.54, 1.807) is 42.7 Å². The first-order chi connectivity index (χ1) is 64.3. The molecule has 0 bridgehead atoms. The molecule has 2 aliphatic rings. The van der Waals surface area contributed by atoms with Gasteiger partial charge in [0.2, 0.25) is 11.8 Å². The zero-order chi connectivity index (χ0) is 105. The van der Waals surface area contributed by atoms with Crippen molar-refractivity contribution in [3.63, 3.8) is 0 Å². The summed E-state index contributed by atoms with van der Waals surface area (Å²) >= 11 is 14.2. The van der Waals surface area contributed by atoms with Gasteiger partial charge in [-0.25, -0.2) is 14.8 Å². The Morgan fingerprint density at radius 2 is 0.817 bits per heavy atom. The number of nitrogens with two attached hydrogens (primary N) is 1. The van der Waals surface area contributed by atoms with Crippen LogP contribution in [-0.2, 0) is 60.2 Å². The SMILES string of the molecule is CC(C)(C)C[C@@H]1NCCC[C@@H]1C(=O)Nc1cccc(C(C)(C)C)c1.CC(C)(C)Cc1ncccc1C(=O)Nc1cccc(C(C)(C)C)c1.CC(C)(C)c1cccc(N)c1.CC(C)(C)c1cccc(NC(=O)c2cccnc2Cl)c1.Cc1ccccc1C(=O)Cl.Cc1ccccc1C(=O)N1CCC[C@H](C(=O)Nc2cccc(C(C)(C)C)c2)[C@@H]1CC(C)(C)C.O=C(O)c1cccnc1Br.[C-]#N.[CH2-]C(C)(C)C.[Cl-].[Cu+].[Mg+2]. The maximum Gasteiger partial charge on any atom is 2.00 e. The maximum absolute atomic E-state index is 13.6. The van der Waals surface area contributed by atoms with Gasteiger partial charge in [-0.05, 0) is 284 Å². The Labute approximate surface area is 901 Å². The molecular formula is C117H156BrCl3CuMgN11O8. The van der Waals surface area contributed by atoms with Crippen molar-refractivity contribution in [1.82, 2.24) is 25.2 Å². The number of pyridine rings is 3. The van der Waals surface area contributed by atoms with Crippen LogP contribution < -0.4 is 44.7 Å². The second kappa shape index (κ2) is 59.1. The van der Waals surface area contributed by atoms with Gasteiger partial charge in [0, 0.05) is 76.8 Å². The summed E-state index contributed by atoms with van der Waals surface area (Å²) in [5.41, 5.74) is 22.1. The molecule has 0 radical (unpaired) electrons. The predicted octanol–water partition coefficient (Wildman–Crippen LogP) is 25.9. The number of carboxylic acid groups (broad SMARTS) is 1. The van der Waals surface area contributed by atoms with Crippen LogP contribution >= 0.6 is 39.1 Å². The van der Waals surface area contributed by atoms with Crippen molar-refractivity contribution in [2.24, 2.45) is 33.5 Å². The number of hydrogen-bond donors (Lipinski definition) is 7. The number of carbonyl (C=O) groups is 7. The molecule has 2 aliphatic heterocycles. The molecule has 142 heavy (non-hydrogen) atoms. The molecule has 0 spiro atoms. The van der Waals surface area contributed by atoms with Crippen molar-refractivity contribution in [2.75, 3.05) is 40.1 Å². The largest absolute Gasteiger partial charge is 2.00 e. The van der Waals surface area contributed by atoms with Crippen molar-refractivity contribution < 1.29 is 68.1 Å². The Hall–Kier alpha value is -9.63. The minimum Gasteiger partial charge on any atom is -1.00 e. The van der Waals surface area contributed by atoms with Crippen molar-refractivity contribution in [3.8, 4) is 0 Å². The van der Waals surface area contributed by atoms with Gasteiger partial charge in [0.05, 0.1) is 34.2 Å². The number of nitrogen functional groups attached to an aromatic ring is 1. The maximum atomic E-state index is 13.6. The summed E-state index contributed by atoms with van der Waals surface area (Å²) in [5.74, 6) is -1.31. The molecule has 10 aromatic rings. The number of benzene rings is 7. The van der Waals surface area contributed by atoms with Crippen LogP contribution in [0.3, 0.4) is 0 Å². The molecule has 25 heteroatoms. The van der Waals surface area contributed by atoms with Gasteiger partial charge in [-0.15, -0.1) is 0 Å².